The van der Waals surface area contributed by atoms with Gasteiger partial charge in [0, 0.05) is 19.8 Å². The Morgan fingerprint density at radius 1 is 1.53 bits per heavy atom. The van der Waals surface area contributed by atoms with Crippen molar-refractivity contribution in [1.82, 2.24) is 9.29 Å². The zero-order chi connectivity index (χ0) is 12.6. The number of nitrogens with two attached hydrogens (primary N) is 1. The SMILES string of the molecule is CC1CC1CN(C)S(=O)(=O)c1ccc(N)nc1. The van der Waals surface area contributed by atoms with Crippen LogP contribution in [0.15, 0.2) is 23.2 Å². The number of sulfonamides is 1. The molecule has 1 fully saturated rings. The van der Waals surface area contributed by atoms with Crippen molar-refractivity contribution in [2.75, 3.05) is 19.3 Å². The average Bonchev–Trinajstić information content (AvgIpc) is 2.94. The van der Waals surface area contributed by atoms with Crippen molar-refractivity contribution in [1.29, 1.82) is 0 Å². The van der Waals surface area contributed by atoms with E-state index in [0.717, 1.165) is 6.42 Å². The summed E-state index contributed by atoms with van der Waals surface area (Å²) >= 11 is 0. The number of hydrogen-bond donors (Lipinski definition) is 1. The summed E-state index contributed by atoms with van der Waals surface area (Å²) in [7, 11) is -1.81. The molecular formula is C11H17N3O2S. The van der Waals surface area contributed by atoms with E-state index in [0.29, 0.717) is 24.2 Å². The van der Waals surface area contributed by atoms with Gasteiger partial charge in [0.15, 0.2) is 0 Å². The van der Waals surface area contributed by atoms with Gasteiger partial charge in [-0.2, -0.15) is 0 Å². The van der Waals surface area contributed by atoms with Crippen LogP contribution >= 0.6 is 0 Å². The second kappa shape index (κ2) is 4.27. The van der Waals surface area contributed by atoms with Gasteiger partial charge < -0.3 is 5.73 Å². The lowest BCUT2D eigenvalue weighted by Crippen LogP contribution is -2.29. The summed E-state index contributed by atoms with van der Waals surface area (Å²) in [6.07, 6.45) is 2.41. The molecule has 1 heterocycles. The quantitative estimate of drug-likeness (QED) is 0.868. The fraction of sp³-hybridized carbons (Fsp3) is 0.545. The molecule has 1 aliphatic carbocycles. The molecule has 1 aromatic heterocycles. The van der Waals surface area contributed by atoms with Gasteiger partial charge in [-0.15, -0.1) is 0 Å². The van der Waals surface area contributed by atoms with Gasteiger partial charge in [-0.3, -0.25) is 0 Å². The predicted octanol–water partition coefficient (Wildman–Crippen LogP) is 0.940. The zero-order valence-corrected chi connectivity index (χ0v) is 10.8. The largest absolute Gasteiger partial charge is 0.384 e. The molecule has 0 saturated heterocycles. The monoisotopic (exact) mass is 255 g/mol. The molecule has 6 heteroatoms. The van der Waals surface area contributed by atoms with Crippen LogP contribution in [0.2, 0.25) is 0 Å². The van der Waals surface area contributed by atoms with E-state index in [-0.39, 0.29) is 4.90 Å². The number of nitrogens with zero attached hydrogens (tertiary/aromatic N) is 2. The summed E-state index contributed by atoms with van der Waals surface area (Å²) in [4.78, 5) is 4.01. The van der Waals surface area contributed by atoms with Crippen LogP contribution in [0.1, 0.15) is 13.3 Å². The van der Waals surface area contributed by atoms with Crippen LogP contribution in [-0.2, 0) is 10.0 Å². The molecule has 0 spiro atoms. The molecule has 2 atom stereocenters. The fourth-order valence-corrected chi connectivity index (χ4v) is 2.98. The maximum absolute atomic E-state index is 12.2. The van der Waals surface area contributed by atoms with Gasteiger partial charge in [0.1, 0.15) is 10.7 Å². The Labute approximate surface area is 102 Å². The Bertz CT molecular complexity index is 498. The van der Waals surface area contributed by atoms with Crippen LogP contribution in [0, 0.1) is 11.8 Å². The van der Waals surface area contributed by atoms with Crippen molar-refractivity contribution in [3.8, 4) is 0 Å². The second-order valence-corrected chi connectivity index (χ2v) is 6.72. The molecule has 0 aliphatic heterocycles. The van der Waals surface area contributed by atoms with Crippen LogP contribution in [-0.4, -0.2) is 31.3 Å². The Kier molecular flexibility index (Phi) is 3.09. The smallest absolute Gasteiger partial charge is 0.244 e. The summed E-state index contributed by atoms with van der Waals surface area (Å²) in [6.45, 7) is 2.71. The van der Waals surface area contributed by atoms with Crippen LogP contribution in [0.4, 0.5) is 5.82 Å². The van der Waals surface area contributed by atoms with E-state index in [2.05, 4.69) is 11.9 Å². The molecule has 2 N–H and O–H groups in total. The summed E-state index contributed by atoms with van der Waals surface area (Å²) in [6, 6.07) is 2.99. The first-order valence-corrected chi connectivity index (χ1v) is 7.03. The number of hydrogen-bond acceptors (Lipinski definition) is 4. The Morgan fingerprint density at radius 2 is 2.18 bits per heavy atom. The topological polar surface area (TPSA) is 76.3 Å². The van der Waals surface area contributed by atoms with E-state index in [1.54, 1.807) is 7.05 Å². The van der Waals surface area contributed by atoms with Gasteiger partial charge in [0.2, 0.25) is 10.0 Å². The fourth-order valence-electron chi connectivity index (χ4n) is 1.81. The lowest BCUT2D eigenvalue weighted by Gasteiger charge is -2.16. The zero-order valence-electron chi connectivity index (χ0n) is 10.00. The van der Waals surface area contributed by atoms with Gasteiger partial charge in [-0.05, 0) is 30.4 Å². The normalized spacial score (nSPS) is 23.9. The Balaban J connectivity index is 2.14. The highest BCUT2D eigenvalue weighted by Gasteiger charge is 2.36. The third-order valence-corrected chi connectivity index (χ3v) is 5.04. The maximum Gasteiger partial charge on any atom is 0.244 e. The first-order chi connectivity index (χ1) is 7.91. The molecule has 0 amide bonds. The van der Waals surface area contributed by atoms with Crippen LogP contribution < -0.4 is 5.73 Å². The first-order valence-electron chi connectivity index (χ1n) is 5.59. The molecule has 0 radical (unpaired) electrons. The minimum Gasteiger partial charge on any atom is -0.384 e. The third-order valence-electron chi connectivity index (χ3n) is 3.24. The molecule has 2 unspecified atom stereocenters. The minimum atomic E-state index is -3.42. The van der Waals surface area contributed by atoms with Crippen molar-refractivity contribution >= 4 is 15.8 Å². The standard InChI is InChI=1S/C11H17N3O2S/c1-8-5-9(8)7-14(2)17(15,16)10-3-4-11(12)13-6-10/h3-4,6,8-9H,5,7H2,1-2H3,(H2,12,13). The first kappa shape index (κ1) is 12.3. The van der Waals surface area contributed by atoms with Gasteiger partial charge in [-0.25, -0.2) is 17.7 Å². The van der Waals surface area contributed by atoms with E-state index in [9.17, 15) is 8.42 Å². The van der Waals surface area contributed by atoms with Crippen molar-refractivity contribution < 1.29 is 8.42 Å². The van der Waals surface area contributed by atoms with Crippen LogP contribution in [0.3, 0.4) is 0 Å². The highest BCUT2D eigenvalue weighted by atomic mass is 32.2. The Hall–Kier alpha value is -1.14. The van der Waals surface area contributed by atoms with Crippen molar-refractivity contribution in [2.45, 2.75) is 18.2 Å². The summed E-state index contributed by atoms with van der Waals surface area (Å²) in [5, 5.41) is 0. The summed E-state index contributed by atoms with van der Waals surface area (Å²) in [5.74, 6) is 1.45. The molecular weight excluding hydrogens is 238 g/mol. The van der Waals surface area contributed by atoms with Gasteiger partial charge in [0.05, 0.1) is 0 Å². The molecule has 5 nitrogen and oxygen atoms in total. The van der Waals surface area contributed by atoms with Crippen molar-refractivity contribution in [2.24, 2.45) is 11.8 Å². The highest BCUT2D eigenvalue weighted by molar-refractivity contribution is 7.89. The van der Waals surface area contributed by atoms with E-state index >= 15 is 0 Å². The molecule has 1 saturated carbocycles. The lowest BCUT2D eigenvalue weighted by molar-refractivity contribution is 0.444. The molecule has 0 aromatic carbocycles. The molecule has 0 bridgehead atoms. The van der Waals surface area contributed by atoms with E-state index < -0.39 is 10.0 Å². The van der Waals surface area contributed by atoms with Crippen molar-refractivity contribution in [3.63, 3.8) is 0 Å². The van der Waals surface area contributed by atoms with E-state index in [4.69, 9.17) is 5.73 Å². The molecule has 17 heavy (non-hydrogen) atoms. The third kappa shape index (κ3) is 2.58. The summed E-state index contributed by atoms with van der Waals surface area (Å²) < 4.78 is 25.7. The number of anilines is 1. The molecule has 1 aromatic rings. The second-order valence-electron chi connectivity index (χ2n) is 4.68. The highest BCUT2D eigenvalue weighted by Crippen LogP contribution is 2.38. The maximum atomic E-state index is 12.2. The molecule has 94 valence electrons. The number of rotatable bonds is 4. The van der Waals surface area contributed by atoms with Crippen LogP contribution in [0.5, 0.6) is 0 Å². The Morgan fingerprint density at radius 3 is 2.65 bits per heavy atom. The molecule has 2 rings (SSSR count). The number of aromatic nitrogens is 1. The number of pyridine rings is 1. The van der Waals surface area contributed by atoms with Gasteiger partial charge in [-0.1, -0.05) is 6.92 Å². The van der Waals surface area contributed by atoms with Gasteiger partial charge in [0.25, 0.3) is 0 Å². The predicted molar refractivity (Wildman–Crippen MR) is 65.7 cm³/mol. The minimum absolute atomic E-state index is 0.197. The lowest BCUT2D eigenvalue weighted by atomic mass is 10.3. The van der Waals surface area contributed by atoms with E-state index in [1.807, 2.05) is 0 Å². The number of nitrogen functional groups attached to an aromatic ring is 1. The average molecular weight is 255 g/mol. The summed E-state index contributed by atoms with van der Waals surface area (Å²) in [5.41, 5.74) is 5.44. The van der Waals surface area contributed by atoms with E-state index in [1.165, 1.54) is 22.6 Å². The van der Waals surface area contributed by atoms with Gasteiger partial charge >= 0.3 is 0 Å². The van der Waals surface area contributed by atoms with Crippen LogP contribution in [0.25, 0.3) is 0 Å². The molecule has 1 aliphatic rings. The van der Waals surface area contributed by atoms with Crippen molar-refractivity contribution in [3.05, 3.63) is 18.3 Å².